The lowest BCUT2D eigenvalue weighted by atomic mass is 9.87. The molecule has 0 spiro atoms. The van der Waals surface area contributed by atoms with Gasteiger partial charge in [-0.25, -0.2) is 4.39 Å². The zero-order valence-electron chi connectivity index (χ0n) is 17.6. The Morgan fingerprint density at radius 3 is 2.48 bits per heavy atom. The highest BCUT2D eigenvalue weighted by Gasteiger charge is 2.45. The number of alkyl halides is 1. The Bertz CT molecular complexity index is 811. The standard InChI is InChI=1S/C25H35FN2O/c26-25(18-29-25)15-20-8-9-24-22(14-20)23(16-27-24)21-10-12-28(13-11-21)17-19-6-4-2-1-3-5-7-19/h8-9,14,16,19,21,27H,1-7,10-13,15,17-18H2/t25-/m1/s1. The van der Waals surface area contributed by atoms with Crippen LogP contribution in [0.15, 0.2) is 24.4 Å². The normalized spacial score (nSPS) is 27.8. The van der Waals surface area contributed by atoms with Crippen molar-refractivity contribution < 1.29 is 9.13 Å². The van der Waals surface area contributed by atoms with Crippen LogP contribution >= 0.6 is 0 Å². The molecule has 1 aromatic heterocycles. The number of nitrogens with zero attached hydrogens (tertiary/aromatic N) is 1. The summed E-state index contributed by atoms with van der Waals surface area (Å²) in [6, 6.07) is 6.32. The van der Waals surface area contributed by atoms with Crippen molar-refractivity contribution in [3.63, 3.8) is 0 Å². The molecule has 0 radical (unpaired) electrons. The summed E-state index contributed by atoms with van der Waals surface area (Å²) in [7, 11) is 0. The van der Waals surface area contributed by atoms with Crippen molar-refractivity contribution in [2.75, 3.05) is 26.2 Å². The number of rotatable bonds is 5. The van der Waals surface area contributed by atoms with Gasteiger partial charge in [-0.3, -0.25) is 0 Å². The molecular weight excluding hydrogens is 363 g/mol. The zero-order chi connectivity index (χ0) is 19.7. The van der Waals surface area contributed by atoms with Gasteiger partial charge in [-0.05, 0) is 73.9 Å². The Morgan fingerprint density at radius 1 is 1.03 bits per heavy atom. The Labute approximate surface area is 174 Å². The van der Waals surface area contributed by atoms with E-state index in [9.17, 15) is 4.39 Å². The van der Waals surface area contributed by atoms with Gasteiger partial charge in [0, 0.05) is 30.1 Å². The van der Waals surface area contributed by atoms with E-state index in [4.69, 9.17) is 4.74 Å². The van der Waals surface area contributed by atoms with Gasteiger partial charge >= 0.3 is 0 Å². The molecule has 0 amide bonds. The molecular formula is C25H35FN2O. The van der Waals surface area contributed by atoms with Crippen LogP contribution in [0.25, 0.3) is 10.9 Å². The Kier molecular flexibility index (Phi) is 5.66. The quantitative estimate of drug-likeness (QED) is 0.631. The minimum atomic E-state index is -1.41. The molecule has 29 heavy (non-hydrogen) atoms. The number of fused-ring (bicyclic) bond motifs is 1. The van der Waals surface area contributed by atoms with Crippen LogP contribution in [0.1, 0.15) is 74.8 Å². The molecule has 2 aromatic rings. The number of aromatic amines is 1. The third-order valence-electron chi connectivity index (χ3n) is 7.47. The van der Waals surface area contributed by atoms with Gasteiger partial charge in [-0.1, -0.05) is 38.2 Å². The minimum Gasteiger partial charge on any atom is -0.361 e. The Hall–Kier alpha value is -1.39. The number of nitrogens with one attached hydrogen (secondary N) is 1. The lowest BCUT2D eigenvalue weighted by molar-refractivity contribution is 0.141. The van der Waals surface area contributed by atoms with E-state index in [-0.39, 0.29) is 6.61 Å². The summed E-state index contributed by atoms with van der Waals surface area (Å²) in [4.78, 5) is 6.16. The first-order valence-electron chi connectivity index (χ1n) is 11.8. The first-order chi connectivity index (χ1) is 14.2. The molecule has 3 nitrogen and oxygen atoms in total. The number of halogens is 1. The van der Waals surface area contributed by atoms with Crippen molar-refractivity contribution in [1.82, 2.24) is 9.88 Å². The van der Waals surface area contributed by atoms with E-state index in [0.29, 0.717) is 12.3 Å². The fourth-order valence-electron chi connectivity index (χ4n) is 5.64. The van der Waals surface area contributed by atoms with Crippen LogP contribution in [0.4, 0.5) is 4.39 Å². The molecule has 2 aliphatic heterocycles. The number of benzene rings is 1. The molecule has 1 N–H and O–H groups in total. The van der Waals surface area contributed by atoms with E-state index < -0.39 is 5.85 Å². The molecule has 5 rings (SSSR count). The summed E-state index contributed by atoms with van der Waals surface area (Å²) in [6.07, 6.45) is 15.1. The molecule has 3 aliphatic rings. The number of H-pyrrole nitrogens is 1. The molecule has 3 heterocycles. The molecule has 4 heteroatoms. The Morgan fingerprint density at radius 2 is 1.76 bits per heavy atom. The summed E-state index contributed by atoms with van der Waals surface area (Å²) in [6.45, 7) is 3.98. The summed E-state index contributed by atoms with van der Waals surface area (Å²) < 4.78 is 19.0. The van der Waals surface area contributed by atoms with Gasteiger partial charge in [0.1, 0.15) is 6.61 Å². The van der Waals surface area contributed by atoms with Gasteiger partial charge in [0.2, 0.25) is 5.85 Å². The highest BCUT2D eigenvalue weighted by molar-refractivity contribution is 5.84. The number of ether oxygens (including phenoxy) is 1. The number of hydrogen-bond acceptors (Lipinski definition) is 2. The van der Waals surface area contributed by atoms with Crippen molar-refractivity contribution in [1.29, 1.82) is 0 Å². The maximum atomic E-state index is 14.0. The molecule has 3 fully saturated rings. The predicted molar refractivity (Wildman–Crippen MR) is 116 cm³/mol. The van der Waals surface area contributed by atoms with Gasteiger partial charge in [0.25, 0.3) is 0 Å². The van der Waals surface area contributed by atoms with E-state index in [0.717, 1.165) is 11.5 Å². The topological polar surface area (TPSA) is 31.6 Å². The van der Waals surface area contributed by atoms with E-state index in [1.807, 2.05) is 6.07 Å². The highest BCUT2D eigenvalue weighted by atomic mass is 19.2. The molecule has 158 valence electrons. The number of likely N-dealkylation sites (tertiary alicyclic amines) is 1. The van der Waals surface area contributed by atoms with Crippen LogP contribution in [0, 0.1) is 5.92 Å². The second-order valence-corrected chi connectivity index (χ2v) is 9.76. The average Bonchev–Trinajstić information content (AvgIpc) is 3.28. The number of hydrogen-bond donors (Lipinski definition) is 1. The minimum absolute atomic E-state index is 0.241. The van der Waals surface area contributed by atoms with Crippen LogP contribution in [-0.2, 0) is 11.2 Å². The fraction of sp³-hybridized carbons (Fsp3) is 0.680. The zero-order valence-corrected chi connectivity index (χ0v) is 17.6. The number of aromatic nitrogens is 1. The van der Waals surface area contributed by atoms with Crippen LogP contribution < -0.4 is 0 Å². The molecule has 2 saturated heterocycles. The highest BCUT2D eigenvalue weighted by Crippen LogP contribution is 2.37. The van der Waals surface area contributed by atoms with Crippen LogP contribution in [0.5, 0.6) is 0 Å². The van der Waals surface area contributed by atoms with Crippen LogP contribution in [0.2, 0.25) is 0 Å². The Balaban J connectivity index is 1.21. The van der Waals surface area contributed by atoms with Crippen molar-refractivity contribution in [2.45, 2.75) is 76.0 Å². The third kappa shape index (κ3) is 4.69. The van der Waals surface area contributed by atoms with Crippen molar-refractivity contribution in [3.8, 4) is 0 Å². The van der Waals surface area contributed by atoms with Gasteiger partial charge in [-0.15, -0.1) is 0 Å². The summed E-state index contributed by atoms with van der Waals surface area (Å²) in [5.41, 5.74) is 3.64. The van der Waals surface area contributed by atoms with E-state index in [2.05, 4.69) is 28.2 Å². The molecule has 0 bridgehead atoms. The molecule has 0 unspecified atom stereocenters. The molecule has 1 aliphatic carbocycles. The lowest BCUT2D eigenvalue weighted by Crippen LogP contribution is -2.36. The van der Waals surface area contributed by atoms with E-state index >= 15 is 0 Å². The predicted octanol–water partition coefficient (Wildman–Crippen LogP) is 5.95. The van der Waals surface area contributed by atoms with E-state index in [1.165, 1.54) is 93.9 Å². The van der Waals surface area contributed by atoms with Crippen molar-refractivity contribution >= 4 is 10.9 Å². The second-order valence-electron chi connectivity index (χ2n) is 9.76. The van der Waals surface area contributed by atoms with Gasteiger partial charge < -0.3 is 14.6 Å². The van der Waals surface area contributed by atoms with Gasteiger partial charge in [0.15, 0.2) is 0 Å². The van der Waals surface area contributed by atoms with Crippen LogP contribution in [-0.4, -0.2) is 42.0 Å². The largest absolute Gasteiger partial charge is 0.361 e. The van der Waals surface area contributed by atoms with Gasteiger partial charge in [-0.2, -0.15) is 0 Å². The van der Waals surface area contributed by atoms with Crippen LogP contribution in [0.3, 0.4) is 0 Å². The molecule has 1 saturated carbocycles. The SMILES string of the molecule is F[C@@]1(Cc2ccc3[nH]cc(C4CCN(CC5CCCCCCC5)CC4)c3c2)CO1. The van der Waals surface area contributed by atoms with Crippen molar-refractivity contribution in [2.24, 2.45) is 5.92 Å². The van der Waals surface area contributed by atoms with Crippen molar-refractivity contribution in [3.05, 3.63) is 35.5 Å². The third-order valence-corrected chi connectivity index (χ3v) is 7.47. The monoisotopic (exact) mass is 398 g/mol. The summed E-state index contributed by atoms with van der Waals surface area (Å²) in [5.74, 6) is 0.122. The van der Waals surface area contributed by atoms with Gasteiger partial charge in [0.05, 0.1) is 0 Å². The van der Waals surface area contributed by atoms with E-state index in [1.54, 1.807) is 0 Å². The maximum absolute atomic E-state index is 14.0. The number of piperidine rings is 1. The fourth-order valence-corrected chi connectivity index (χ4v) is 5.64. The first-order valence-corrected chi connectivity index (χ1v) is 11.8. The summed E-state index contributed by atoms with van der Waals surface area (Å²) in [5, 5.41) is 1.28. The smallest absolute Gasteiger partial charge is 0.237 e. The number of epoxide rings is 1. The summed E-state index contributed by atoms with van der Waals surface area (Å²) >= 11 is 0. The second kappa shape index (κ2) is 8.39. The lowest BCUT2D eigenvalue weighted by Gasteiger charge is -2.35. The first kappa shape index (κ1) is 19.6. The average molecular weight is 399 g/mol. The molecule has 1 atom stereocenters. The maximum Gasteiger partial charge on any atom is 0.237 e. The molecule has 1 aromatic carbocycles.